The number of ether oxygens (including phenoxy) is 1. The SMILES string of the molecule is CCCNC(=O)c1ccc(-c2cc3c(cc2C(=O)Nc2c(C)cc(CN)cc2Cl)-c2sc(C)cc2CCO3)c(C(=O)O)n1. The molecule has 0 radical (unpaired) electrons. The Morgan fingerprint density at radius 1 is 1.07 bits per heavy atom. The molecule has 0 atom stereocenters. The lowest BCUT2D eigenvalue weighted by atomic mass is 9.93. The van der Waals surface area contributed by atoms with Crippen molar-refractivity contribution in [3.05, 3.63) is 86.0 Å². The van der Waals surface area contributed by atoms with Crippen LogP contribution in [0.25, 0.3) is 21.6 Å². The molecule has 222 valence electrons. The van der Waals surface area contributed by atoms with Crippen LogP contribution in [0, 0.1) is 13.8 Å². The van der Waals surface area contributed by atoms with E-state index >= 15 is 0 Å². The highest BCUT2D eigenvalue weighted by atomic mass is 35.5. The number of nitrogens with two attached hydrogens (primary N) is 1. The van der Waals surface area contributed by atoms with Crippen molar-refractivity contribution in [2.45, 2.75) is 40.2 Å². The molecule has 4 aromatic rings. The number of nitrogens with zero attached hydrogens (tertiary/aromatic N) is 1. The molecule has 2 amide bonds. The summed E-state index contributed by atoms with van der Waals surface area (Å²) in [5, 5.41) is 16.1. The molecule has 0 saturated heterocycles. The van der Waals surface area contributed by atoms with Crippen molar-refractivity contribution >= 4 is 46.4 Å². The third-order valence-corrected chi connectivity index (χ3v) is 8.57. The van der Waals surface area contributed by atoms with E-state index in [1.807, 2.05) is 26.8 Å². The quantitative estimate of drug-likeness (QED) is 0.183. The number of hydrogen-bond donors (Lipinski definition) is 4. The van der Waals surface area contributed by atoms with Gasteiger partial charge in [0.2, 0.25) is 0 Å². The van der Waals surface area contributed by atoms with Crippen LogP contribution in [0.1, 0.15) is 66.2 Å². The Bertz CT molecular complexity index is 1740. The molecule has 9 nitrogen and oxygen atoms in total. The predicted molar refractivity (Wildman–Crippen MR) is 169 cm³/mol. The van der Waals surface area contributed by atoms with E-state index in [1.165, 1.54) is 12.1 Å². The number of amides is 2. The molecule has 0 saturated carbocycles. The molecular weight excluding hydrogens is 588 g/mol. The summed E-state index contributed by atoms with van der Waals surface area (Å²) in [5.74, 6) is -1.79. The van der Waals surface area contributed by atoms with Crippen LogP contribution < -0.4 is 21.1 Å². The van der Waals surface area contributed by atoms with Gasteiger partial charge in [0.05, 0.1) is 17.3 Å². The van der Waals surface area contributed by atoms with E-state index in [-0.39, 0.29) is 22.5 Å². The Balaban J connectivity index is 1.70. The van der Waals surface area contributed by atoms with E-state index in [1.54, 1.807) is 29.5 Å². The Morgan fingerprint density at radius 2 is 1.86 bits per heavy atom. The van der Waals surface area contributed by atoms with Crippen molar-refractivity contribution in [2.24, 2.45) is 5.73 Å². The normalized spacial score (nSPS) is 12.0. The molecule has 43 heavy (non-hydrogen) atoms. The molecule has 1 aliphatic heterocycles. The average molecular weight is 619 g/mol. The summed E-state index contributed by atoms with van der Waals surface area (Å²) in [6, 6.07) is 12.0. The zero-order valence-corrected chi connectivity index (χ0v) is 25.5. The summed E-state index contributed by atoms with van der Waals surface area (Å²) in [4.78, 5) is 45.4. The first-order valence-corrected chi connectivity index (χ1v) is 15.0. The molecule has 2 aromatic heterocycles. The van der Waals surface area contributed by atoms with Crippen molar-refractivity contribution in [2.75, 3.05) is 18.5 Å². The lowest BCUT2D eigenvalue weighted by Crippen LogP contribution is -2.25. The lowest BCUT2D eigenvalue weighted by Gasteiger charge is -2.18. The summed E-state index contributed by atoms with van der Waals surface area (Å²) in [6.45, 7) is 6.90. The summed E-state index contributed by atoms with van der Waals surface area (Å²) in [5.41, 5.74) is 9.89. The standard InChI is InChI=1S/C32H31ClN4O5S/c1-4-8-35-31(39)25-6-5-20(28(36-25)32(40)41)21-14-26-23(29-19(7-9-42-26)11-17(3)43-29)13-22(21)30(38)37-27-16(2)10-18(15-34)12-24(27)33/h5-6,10-14H,4,7-9,15,34H2,1-3H3,(H,35,39)(H,37,38)(H,40,41). The van der Waals surface area contributed by atoms with Crippen molar-refractivity contribution in [1.29, 1.82) is 0 Å². The van der Waals surface area contributed by atoms with Gasteiger partial charge in [-0.05, 0) is 73.4 Å². The number of aryl methyl sites for hydroxylation is 2. The zero-order chi connectivity index (χ0) is 30.8. The van der Waals surface area contributed by atoms with E-state index in [0.717, 1.165) is 32.0 Å². The van der Waals surface area contributed by atoms with E-state index in [2.05, 4.69) is 21.7 Å². The summed E-state index contributed by atoms with van der Waals surface area (Å²) >= 11 is 8.15. The van der Waals surface area contributed by atoms with Gasteiger partial charge in [-0.25, -0.2) is 9.78 Å². The highest BCUT2D eigenvalue weighted by molar-refractivity contribution is 7.15. The van der Waals surface area contributed by atoms with Crippen molar-refractivity contribution < 1.29 is 24.2 Å². The van der Waals surface area contributed by atoms with Gasteiger partial charge in [-0.15, -0.1) is 11.3 Å². The lowest BCUT2D eigenvalue weighted by molar-refractivity contribution is 0.0691. The minimum absolute atomic E-state index is 0.0345. The number of carbonyl (C=O) groups excluding carboxylic acids is 2. The Morgan fingerprint density at radius 3 is 2.56 bits per heavy atom. The van der Waals surface area contributed by atoms with Gasteiger partial charge in [0.25, 0.3) is 11.8 Å². The first-order chi connectivity index (χ1) is 20.6. The van der Waals surface area contributed by atoms with Gasteiger partial charge in [-0.3, -0.25) is 9.59 Å². The number of rotatable bonds is 8. The fourth-order valence-electron chi connectivity index (χ4n) is 5.11. The number of hydrogen-bond acceptors (Lipinski definition) is 7. The van der Waals surface area contributed by atoms with Crippen LogP contribution in [-0.4, -0.2) is 41.0 Å². The number of anilines is 1. The highest BCUT2D eigenvalue weighted by Crippen LogP contribution is 2.44. The molecule has 0 bridgehead atoms. The third kappa shape index (κ3) is 6.13. The van der Waals surface area contributed by atoms with Crippen molar-refractivity contribution in [1.82, 2.24) is 10.3 Å². The van der Waals surface area contributed by atoms with Crippen LogP contribution in [0.4, 0.5) is 5.69 Å². The molecule has 5 rings (SSSR count). The van der Waals surface area contributed by atoms with Gasteiger partial charge in [-0.2, -0.15) is 0 Å². The van der Waals surface area contributed by atoms with Crippen LogP contribution in [0.15, 0.2) is 42.5 Å². The maximum Gasteiger partial charge on any atom is 0.355 e. The number of aromatic carboxylic acids is 1. The Kier molecular flexibility index (Phi) is 8.82. The monoisotopic (exact) mass is 618 g/mol. The minimum Gasteiger partial charge on any atom is -0.493 e. The maximum atomic E-state index is 14.1. The van der Waals surface area contributed by atoms with Gasteiger partial charge in [0.1, 0.15) is 11.4 Å². The number of halogens is 1. The maximum absolute atomic E-state index is 14.1. The molecular formula is C32H31ClN4O5S. The van der Waals surface area contributed by atoms with E-state index < -0.39 is 17.8 Å². The summed E-state index contributed by atoms with van der Waals surface area (Å²) in [6.07, 6.45) is 1.41. The van der Waals surface area contributed by atoms with Crippen LogP contribution in [-0.2, 0) is 13.0 Å². The van der Waals surface area contributed by atoms with Gasteiger partial charge >= 0.3 is 5.97 Å². The second-order valence-electron chi connectivity index (χ2n) is 10.3. The van der Waals surface area contributed by atoms with Gasteiger partial charge in [0, 0.05) is 51.5 Å². The molecule has 0 aliphatic carbocycles. The second kappa shape index (κ2) is 12.5. The smallest absolute Gasteiger partial charge is 0.355 e. The molecule has 1 aliphatic rings. The number of thiophene rings is 1. The summed E-state index contributed by atoms with van der Waals surface area (Å²) < 4.78 is 6.12. The van der Waals surface area contributed by atoms with Crippen LogP contribution in [0.5, 0.6) is 5.75 Å². The summed E-state index contributed by atoms with van der Waals surface area (Å²) in [7, 11) is 0. The number of pyridine rings is 1. The van der Waals surface area contributed by atoms with Crippen molar-refractivity contribution in [3.8, 4) is 27.3 Å². The molecule has 0 fully saturated rings. The fourth-order valence-corrected chi connectivity index (χ4v) is 6.53. The van der Waals surface area contributed by atoms with Crippen molar-refractivity contribution in [3.63, 3.8) is 0 Å². The number of carbonyl (C=O) groups is 3. The van der Waals surface area contributed by atoms with E-state index in [4.69, 9.17) is 22.1 Å². The predicted octanol–water partition coefficient (Wildman–Crippen LogP) is 6.23. The van der Waals surface area contributed by atoms with E-state index in [9.17, 15) is 19.5 Å². The Hall–Kier alpha value is -4.25. The first-order valence-electron chi connectivity index (χ1n) is 13.8. The minimum atomic E-state index is -1.34. The number of fused-ring (bicyclic) bond motifs is 3. The first kappa shape index (κ1) is 30.2. The van der Waals surface area contributed by atoms with E-state index in [0.29, 0.717) is 54.6 Å². The highest BCUT2D eigenvalue weighted by Gasteiger charge is 2.27. The van der Waals surface area contributed by atoms with Crippen LogP contribution >= 0.6 is 22.9 Å². The molecule has 0 unspecified atom stereocenters. The largest absolute Gasteiger partial charge is 0.493 e. The average Bonchev–Trinajstić information content (AvgIpc) is 3.28. The van der Waals surface area contributed by atoms with Gasteiger partial charge in [0.15, 0.2) is 5.69 Å². The number of benzene rings is 2. The molecule has 2 aromatic carbocycles. The number of aromatic nitrogens is 1. The third-order valence-electron chi connectivity index (χ3n) is 7.15. The van der Waals surface area contributed by atoms with Crippen LogP contribution in [0.2, 0.25) is 5.02 Å². The molecule has 5 N–H and O–H groups in total. The molecule has 11 heteroatoms. The molecule has 3 heterocycles. The zero-order valence-electron chi connectivity index (χ0n) is 24.0. The topological polar surface area (TPSA) is 144 Å². The van der Waals surface area contributed by atoms with Gasteiger partial charge in [-0.1, -0.05) is 24.6 Å². The van der Waals surface area contributed by atoms with Crippen LogP contribution in [0.3, 0.4) is 0 Å². The van der Waals surface area contributed by atoms with Gasteiger partial charge < -0.3 is 26.2 Å². The molecule has 0 spiro atoms. The second-order valence-corrected chi connectivity index (χ2v) is 11.9. The Labute approximate surface area is 258 Å². The number of nitrogens with one attached hydrogen (secondary N) is 2. The number of carboxylic acids is 1. The fraction of sp³-hybridized carbons (Fsp3) is 0.250. The number of carboxylic acid groups (broad SMARTS) is 1.